The van der Waals surface area contributed by atoms with E-state index in [4.69, 9.17) is 10.8 Å². The van der Waals surface area contributed by atoms with Gasteiger partial charge in [0, 0.05) is 13.0 Å². The van der Waals surface area contributed by atoms with Gasteiger partial charge in [0.15, 0.2) is 0 Å². The fraction of sp³-hybridized carbons (Fsp3) is 0.333. The lowest BCUT2D eigenvalue weighted by molar-refractivity contribution is -0.121. The molecule has 0 bridgehead atoms. The summed E-state index contributed by atoms with van der Waals surface area (Å²) in [5.41, 5.74) is 4.31. The number of carbonyl (C=O) groups is 2. The molecule has 0 saturated carbocycles. The summed E-state index contributed by atoms with van der Waals surface area (Å²) in [5.74, 6) is -3.64. The number of carboxylic acids is 1. The maximum absolute atomic E-state index is 13.3. The van der Waals surface area contributed by atoms with Crippen LogP contribution in [0.15, 0.2) is 23.1 Å². The zero-order valence-corrected chi connectivity index (χ0v) is 12.0. The number of hydrogen-bond acceptors (Lipinski definition) is 5. The summed E-state index contributed by atoms with van der Waals surface area (Å²) in [7, 11) is -4.30. The van der Waals surface area contributed by atoms with E-state index in [2.05, 4.69) is 0 Å². The number of amides is 1. The molecule has 2 rings (SSSR count). The van der Waals surface area contributed by atoms with Gasteiger partial charge in [-0.2, -0.15) is 4.31 Å². The summed E-state index contributed by atoms with van der Waals surface area (Å²) < 4.78 is 39.0. The zero-order valence-electron chi connectivity index (χ0n) is 11.1. The van der Waals surface area contributed by atoms with Gasteiger partial charge < -0.3 is 15.9 Å². The molecule has 1 aromatic carbocycles. The monoisotopic (exact) mass is 332 g/mol. The predicted octanol–water partition coefficient (Wildman–Crippen LogP) is -0.867. The molecule has 4 N–H and O–H groups in total. The molecule has 120 valence electrons. The van der Waals surface area contributed by atoms with Gasteiger partial charge in [-0.1, -0.05) is 0 Å². The van der Waals surface area contributed by atoms with Gasteiger partial charge in [0.1, 0.15) is 11.9 Å². The Bertz CT molecular complexity index is 735. The van der Waals surface area contributed by atoms with E-state index in [9.17, 15) is 27.5 Å². The fourth-order valence-electron chi connectivity index (χ4n) is 2.27. The quantitative estimate of drug-likeness (QED) is 0.655. The highest BCUT2D eigenvalue weighted by molar-refractivity contribution is 7.89. The second-order valence-corrected chi connectivity index (χ2v) is 6.72. The molecular weight excluding hydrogens is 319 g/mol. The van der Waals surface area contributed by atoms with Crippen LogP contribution in [0.4, 0.5) is 4.39 Å². The molecule has 2 unspecified atom stereocenters. The first-order chi connectivity index (χ1) is 10.1. The van der Waals surface area contributed by atoms with Gasteiger partial charge in [-0.3, -0.25) is 4.79 Å². The van der Waals surface area contributed by atoms with Crippen molar-refractivity contribution in [3.8, 4) is 0 Å². The minimum atomic E-state index is -4.30. The Morgan fingerprint density at radius 2 is 2.00 bits per heavy atom. The molecule has 1 fully saturated rings. The average Bonchev–Trinajstić information content (AvgIpc) is 2.81. The van der Waals surface area contributed by atoms with Gasteiger partial charge >= 0.3 is 5.97 Å². The molecule has 22 heavy (non-hydrogen) atoms. The summed E-state index contributed by atoms with van der Waals surface area (Å²) in [6.07, 6.45) is -1.21. The number of rotatable bonds is 4. The maximum Gasteiger partial charge on any atom is 0.338 e. The number of β-amino-alcohol motifs (C(OH)–C–C–N with tert-alkyl or cyclic N) is 1. The molecule has 10 heteroatoms. The van der Waals surface area contributed by atoms with E-state index < -0.39 is 50.3 Å². The van der Waals surface area contributed by atoms with Crippen LogP contribution in [0.3, 0.4) is 0 Å². The van der Waals surface area contributed by atoms with Crippen LogP contribution in [0.1, 0.15) is 16.8 Å². The standard InChI is InChI=1S/C12H13FN2O6S/c13-9-2-1-7(4-8(9)12(18)19)22(20,21)15-5-6(16)3-10(15)11(14)17/h1-2,4,6,10,16H,3,5H2,(H2,14,17)(H,18,19). The van der Waals surface area contributed by atoms with Gasteiger partial charge in [-0.25, -0.2) is 17.6 Å². The number of nitrogens with zero attached hydrogens (tertiary/aromatic N) is 1. The topological polar surface area (TPSA) is 138 Å². The van der Waals surface area contributed by atoms with Gasteiger partial charge in [-0.15, -0.1) is 0 Å². The normalized spacial score (nSPS) is 22.6. The molecule has 1 amide bonds. The number of halogens is 1. The van der Waals surface area contributed by atoms with E-state index in [1.54, 1.807) is 0 Å². The van der Waals surface area contributed by atoms with E-state index in [0.29, 0.717) is 16.4 Å². The van der Waals surface area contributed by atoms with Crippen LogP contribution in [0.2, 0.25) is 0 Å². The van der Waals surface area contributed by atoms with E-state index in [-0.39, 0.29) is 13.0 Å². The summed E-state index contributed by atoms with van der Waals surface area (Å²) in [5, 5.41) is 18.4. The Hall–Kier alpha value is -2.04. The third-order valence-corrected chi connectivity index (χ3v) is 5.21. The van der Waals surface area contributed by atoms with Crippen molar-refractivity contribution in [2.45, 2.75) is 23.5 Å². The smallest absolute Gasteiger partial charge is 0.338 e. The molecular formula is C12H13FN2O6S. The average molecular weight is 332 g/mol. The van der Waals surface area contributed by atoms with Crippen molar-refractivity contribution in [2.24, 2.45) is 5.73 Å². The lowest BCUT2D eigenvalue weighted by Gasteiger charge is -2.21. The van der Waals surface area contributed by atoms with Crippen LogP contribution in [-0.4, -0.2) is 53.5 Å². The van der Waals surface area contributed by atoms with Crippen molar-refractivity contribution in [3.63, 3.8) is 0 Å². The van der Waals surface area contributed by atoms with Gasteiger partial charge in [0.05, 0.1) is 16.6 Å². The number of nitrogens with two attached hydrogens (primary N) is 1. The first-order valence-corrected chi connectivity index (χ1v) is 7.60. The summed E-state index contributed by atoms with van der Waals surface area (Å²) in [4.78, 5) is 21.7. The number of benzene rings is 1. The minimum Gasteiger partial charge on any atom is -0.478 e. The predicted molar refractivity (Wildman–Crippen MR) is 70.9 cm³/mol. The number of aliphatic hydroxyl groups is 1. The summed E-state index contributed by atoms with van der Waals surface area (Å²) in [6.45, 7) is -0.351. The first kappa shape index (κ1) is 16.3. The second kappa shape index (κ2) is 5.63. The number of primary amides is 1. The van der Waals surface area contributed by atoms with E-state index in [0.717, 1.165) is 6.07 Å². The Kier molecular flexibility index (Phi) is 4.18. The van der Waals surface area contributed by atoms with Crippen molar-refractivity contribution in [3.05, 3.63) is 29.6 Å². The van der Waals surface area contributed by atoms with Crippen molar-refractivity contribution < 1.29 is 32.6 Å². The highest BCUT2D eigenvalue weighted by Crippen LogP contribution is 2.27. The van der Waals surface area contributed by atoms with Crippen LogP contribution in [0.25, 0.3) is 0 Å². The molecule has 8 nitrogen and oxygen atoms in total. The first-order valence-electron chi connectivity index (χ1n) is 6.16. The third-order valence-electron chi connectivity index (χ3n) is 3.34. The Morgan fingerprint density at radius 3 is 2.55 bits per heavy atom. The van der Waals surface area contributed by atoms with Crippen molar-refractivity contribution in [1.29, 1.82) is 0 Å². The SMILES string of the molecule is NC(=O)C1CC(O)CN1S(=O)(=O)c1ccc(F)c(C(=O)O)c1. The minimum absolute atomic E-state index is 0.151. The van der Waals surface area contributed by atoms with Gasteiger partial charge in [0.2, 0.25) is 15.9 Å². The molecule has 1 aliphatic heterocycles. The number of aromatic carboxylic acids is 1. The van der Waals surface area contributed by atoms with Crippen LogP contribution < -0.4 is 5.73 Å². The van der Waals surface area contributed by atoms with Crippen molar-refractivity contribution in [2.75, 3.05) is 6.54 Å². The van der Waals surface area contributed by atoms with Crippen LogP contribution in [0, 0.1) is 5.82 Å². The molecule has 0 aliphatic carbocycles. The van der Waals surface area contributed by atoms with E-state index >= 15 is 0 Å². The number of aliphatic hydroxyl groups excluding tert-OH is 1. The summed E-state index contributed by atoms with van der Waals surface area (Å²) >= 11 is 0. The molecule has 1 heterocycles. The van der Waals surface area contributed by atoms with Crippen LogP contribution in [0.5, 0.6) is 0 Å². The number of carboxylic acid groups (broad SMARTS) is 1. The molecule has 0 radical (unpaired) electrons. The van der Waals surface area contributed by atoms with Crippen molar-refractivity contribution >= 4 is 21.9 Å². The fourth-order valence-corrected chi connectivity index (χ4v) is 3.94. The molecule has 2 atom stereocenters. The van der Waals surface area contributed by atoms with Gasteiger partial charge in [-0.05, 0) is 18.2 Å². The zero-order chi connectivity index (χ0) is 16.7. The second-order valence-electron chi connectivity index (χ2n) is 4.83. The summed E-state index contributed by atoms with van der Waals surface area (Å²) in [6, 6.07) is 1.02. The lowest BCUT2D eigenvalue weighted by Crippen LogP contribution is -2.43. The number of carbonyl (C=O) groups excluding carboxylic acids is 1. The highest BCUT2D eigenvalue weighted by Gasteiger charge is 2.42. The maximum atomic E-state index is 13.3. The van der Waals surface area contributed by atoms with Crippen LogP contribution in [-0.2, 0) is 14.8 Å². The number of hydrogen-bond donors (Lipinski definition) is 3. The molecule has 1 aliphatic rings. The molecule has 0 spiro atoms. The Morgan fingerprint density at radius 1 is 1.36 bits per heavy atom. The Labute approximate surface area is 125 Å². The van der Waals surface area contributed by atoms with Crippen LogP contribution >= 0.6 is 0 Å². The molecule has 1 aromatic rings. The molecule has 0 aromatic heterocycles. The van der Waals surface area contributed by atoms with Gasteiger partial charge in [0.25, 0.3) is 0 Å². The van der Waals surface area contributed by atoms with E-state index in [1.807, 2.05) is 0 Å². The number of sulfonamides is 1. The highest BCUT2D eigenvalue weighted by atomic mass is 32.2. The Balaban J connectivity index is 2.49. The largest absolute Gasteiger partial charge is 0.478 e. The third kappa shape index (κ3) is 2.80. The van der Waals surface area contributed by atoms with E-state index in [1.165, 1.54) is 0 Å². The van der Waals surface area contributed by atoms with Crippen molar-refractivity contribution in [1.82, 2.24) is 4.31 Å². The molecule has 1 saturated heterocycles. The lowest BCUT2D eigenvalue weighted by atomic mass is 10.2.